The van der Waals surface area contributed by atoms with Gasteiger partial charge in [-0.15, -0.1) is 0 Å². The minimum atomic E-state index is -0.725. The first-order valence-electron chi connectivity index (χ1n) is 7.15. The lowest BCUT2D eigenvalue weighted by atomic mass is 9.56. The van der Waals surface area contributed by atoms with Gasteiger partial charge in [-0.3, -0.25) is 4.98 Å². The molecule has 0 spiro atoms. The van der Waals surface area contributed by atoms with E-state index in [1.807, 2.05) is 0 Å². The normalized spacial score (nSPS) is 10.2. The van der Waals surface area contributed by atoms with E-state index in [4.69, 9.17) is 16.3 Å². The summed E-state index contributed by atoms with van der Waals surface area (Å²) in [6, 6.07) is 13.4. The third kappa shape index (κ3) is 3.55. The fourth-order valence-electron chi connectivity index (χ4n) is 2.21. The highest BCUT2D eigenvalue weighted by molar-refractivity contribution is 6.81. The number of aromatic hydroxyl groups is 1. The van der Waals surface area contributed by atoms with Crippen molar-refractivity contribution in [1.82, 2.24) is 9.97 Å². The Bertz CT molecular complexity index is 844. The first-order valence-corrected chi connectivity index (χ1v) is 7.53. The van der Waals surface area contributed by atoms with E-state index in [1.165, 1.54) is 18.3 Å². The van der Waals surface area contributed by atoms with E-state index in [2.05, 4.69) is 9.97 Å². The van der Waals surface area contributed by atoms with E-state index in [1.54, 1.807) is 48.8 Å². The second-order valence-corrected chi connectivity index (χ2v) is 5.43. The number of hydrogen-bond donors (Lipinski definition) is 1. The maximum absolute atomic E-state index is 12.4. The third-order valence-corrected chi connectivity index (χ3v) is 3.62. The van der Waals surface area contributed by atoms with Crippen LogP contribution in [0.4, 0.5) is 0 Å². The molecule has 0 bridgehead atoms. The van der Waals surface area contributed by atoms with Gasteiger partial charge in [0.25, 0.3) is 0 Å². The summed E-state index contributed by atoms with van der Waals surface area (Å²) in [6.45, 7) is -0.690. The van der Waals surface area contributed by atoms with Crippen LogP contribution >= 0.6 is 11.6 Å². The molecule has 0 atom stereocenters. The summed E-state index contributed by atoms with van der Waals surface area (Å²) in [5.41, 5.74) is 1.29. The Morgan fingerprint density at radius 2 is 1.79 bits per heavy atom. The summed E-state index contributed by atoms with van der Waals surface area (Å²) in [5, 5.41) is 10.4. The molecule has 118 valence electrons. The lowest BCUT2D eigenvalue weighted by Gasteiger charge is -2.15. The molecule has 0 saturated carbocycles. The van der Waals surface area contributed by atoms with Gasteiger partial charge >= 0.3 is 12.9 Å². The van der Waals surface area contributed by atoms with E-state index >= 15 is 0 Å². The van der Waals surface area contributed by atoms with Crippen molar-refractivity contribution in [1.29, 1.82) is 0 Å². The zero-order valence-corrected chi connectivity index (χ0v) is 13.2. The summed E-state index contributed by atoms with van der Waals surface area (Å²) in [5.74, 6) is -0.958. The van der Waals surface area contributed by atoms with Crippen LogP contribution in [0.2, 0.25) is 5.02 Å². The molecule has 0 radical (unpaired) electrons. The SMILES string of the molecule is O=C(OB(c1ccc(Cl)cc1)c1cccnc1)c1ncccc1O. The molecule has 0 unspecified atom stereocenters. The summed E-state index contributed by atoms with van der Waals surface area (Å²) in [7, 11) is 0. The van der Waals surface area contributed by atoms with Crippen LogP contribution < -0.4 is 10.9 Å². The molecule has 2 aromatic heterocycles. The maximum atomic E-state index is 12.4. The van der Waals surface area contributed by atoms with Gasteiger partial charge in [0, 0.05) is 23.6 Å². The fourth-order valence-corrected chi connectivity index (χ4v) is 2.34. The molecule has 0 saturated heterocycles. The predicted molar refractivity (Wildman–Crippen MR) is 92.0 cm³/mol. The number of aromatic nitrogens is 2. The predicted octanol–water partition coefficient (Wildman–Crippen LogP) is 1.80. The number of benzene rings is 1. The molecule has 1 N–H and O–H groups in total. The minimum absolute atomic E-state index is 0.139. The van der Waals surface area contributed by atoms with E-state index in [0.717, 1.165) is 5.46 Å². The number of nitrogens with zero attached hydrogens (tertiary/aromatic N) is 2. The van der Waals surface area contributed by atoms with E-state index in [-0.39, 0.29) is 11.4 Å². The molecule has 0 aliphatic rings. The Morgan fingerprint density at radius 3 is 2.46 bits per heavy atom. The molecular weight excluding hydrogens is 326 g/mol. The van der Waals surface area contributed by atoms with Crippen LogP contribution in [0, 0.1) is 0 Å². The Balaban J connectivity index is 1.95. The Morgan fingerprint density at radius 1 is 1.04 bits per heavy atom. The van der Waals surface area contributed by atoms with Crippen molar-refractivity contribution in [2.75, 3.05) is 0 Å². The molecule has 0 fully saturated rings. The van der Waals surface area contributed by atoms with Crippen LogP contribution in [0.15, 0.2) is 67.1 Å². The monoisotopic (exact) mass is 338 g/mol. The number of carbonyl (C=O) groups is 1. The molecule has 3 aromatic rings. The lowest BCUT2D eigenvalue weighted by molar-refractivity contribution is 0.0729. The Hall–Kier alpha value is -2.86. The van der Waals surface area contributed by atoms with Gasteiger partial charge in [-0.1, -0.05) is 29.8 Å². The minimum Gasteiger partial charge on any atom is -0.521 e. The van der Waals surface area contributed by atoms with Crippen molar-refractivity contribution in [2.24, 2.45) is 0 Å². The van der Waals surface area contributed by atoms with Crippen molar-refractivity contribution in [3.8, 4) is 5.75 Å². The van der Waals surface area contributed by atoms with E-state index in [0.29, 0.717) is 10.5 Å². The van der Waals surface area contributed by atoms with Crippen LogP contribution in [0.3, 0.4) is 0 Å². The van der Waals surface area contributed by atoms with E-state index in [9.17, 15) is 9.90 Å². The summed E-state index contributed by atoms with van der Waals surface area (Å²) in [6.07, 6.45) is 4.66. The number of halogens is 1. The summed E-state index contributed by atoms with van der Waals surface area (Å²) >= 11 is 5.92. The summed E-state index contributed by atoms with van der Waals surface area (Å²) in [4.78, 5) is 20.3. The van der Waals surface area contributed by atoms with Crippen LogP contribution in [0.5, 0.6) is 5.75 Å². The standard InChI is InChI=1S/C17H12BClN2O3/c19-14-7-5-12(6-8-14)18(13-3-1-9-20-11-13)24-17(23)16-15(22)4-2-10-21-16/h1-11,22H. The van der Waals surface area contributed by atoms with E-state index < -0.39 is 12.9 Å². The Kier molecular flexibility index (Phi) is 4.77. The lowest BCUT2D eigenvalue weighted by Crippen LogP contribution is -2.46. The smallest absolute Gasteiger partial charge is 0.431 e. The van der Waals surface area contributed by atoms with Gasteiger partial charge in [0.1, 0.15) is 5.75 Å². The zero-order valence-electron chi connectivity index (χ0n) is 12.5. The fraction of sp³-hybridized carbons (Fsp3) is 0. The van der Waals surface area contributed by atoms with Crippen molar-refractivity contribution in [3.63, 3.8) is 0 Å². The van der Waals surface area contributed by atoms with Crippen LogP contribution in [-0.4, -0.2) is 28.0 Å². The van der Waals surface area contributed by atoms with Gasteiger partial charge < -0.3 is 9.76 Å². The van der Waals surface area contributed by atoms with Crippen LogP contribution in [0.25, 0.3) is 0 Å². The molecule has 1 aromatic carbocycles. The number of rotatable bonds is 4. The van der Waals surface area contributed by atoms with Crippen molar-refractivity contribution >= 4 is 35.4 Å². The highest BCUT2D eigenvalue weighted by Crippen LogP contribution is 2.14. The third-order valence-electron chi connectivity index (χ3n) is 3.36. The number of carbonyl (C=O) groups excluding carboxylic acids is 1. The zero-order chi connectivity index (χ0) is 16.9. The molecule has 5 nitrogen and oxygen atoms in total. The molecule has 24 heavy (non-hydrogen) atoms. The van der Waals surface area contributed by atoms with Crippen LogP contribution in [0.1, 0.15) is 10.5 Å². The number of pyridine rings is 2. The van der Waals surface area contributed by atoms with Gasteiger partial charge in [-0.25, -0.2) is 9.78 Å². The molecule has 3 rings (SSSR count). The number of hydrogen-bond acceptors (Lipinski definition) is 5. The van der Waals surface area contributed by atoms with Gasteiger partial charge in [0.15, 0.2) is 5.69 Å². The average Bonchev–Trinajstić information content (AvgIpc) is 2.61. The first kappa shape index (κ1) is 16.0. The van der Waals surface area contributed by atoms with Gasteiger partial charge in [0.05, 0.1) is 0 Å². The van der Waals surface area contributed by atoms with Gasteiger partial charge in [-0.05, 0) is 41.3 Å². The highest BCUT2D eigenvalue weighted by Gasteiger charge is 2.28. The second kappa shape index (κ2) is 7.15. The average molecular weight is 339 g/mol. The molecule has 0 aliphatic heterocycles. The molecule has 0 aliphatic carbocycles. The van der Waals surface area contributed by atoms with Crippen LogP contribution in [-0.2, 0) is 4.65 Å². The maximum Gasteiger partial charge on any atom is 0.431 e. The molecule has 0 amide bonds. The Labute approximate surface area is 144 Å². The first-order chi connectivity index (χ1) is 11.6. The van der Waals surface area contributed by atoms with Gasteiger partial charge in [-0.2, -0.15) is 0 Å². The quantitative estimate of drug-likeness (QED) is 0.734. The topological polar surface area (TPSA) is 72.3 Å². The summed E-state index contributed by atoms with van der Waals surface area (Å²) < 4.78 is 5.58. The van der Waals surface area contributed by atoms with Gasteiger partial charge in [0.2, 0.25) is 0 Å². The highest BCUT2D eigenvalue weighted by atomic mass is 35.5. The molecule has 2 heterocycles. The van der Waals surface area contributed by atoms with Crippen molar-refractivity contribution in [3.05, 3.63) is 77.8 Å². The second-order valence-electron chi connectivity index (χ2n) is 4.99. The molecule has 7 heteroatoms. The molecular formula is C17H12BClN2O3. The van der Waals surface area contributed by atoms with Crippen molar-refractivity contribution < 1.29 is 14.6 Å². The largest absolute Gasteiger partial charge is 0.521 e. The van der Waals surface area contributed by atoms with Crippen molar-refractivity contribution in [2.45, 2.75) is 0 Å².